The smallest absolute Gasteiger partial charge is 0.248 e. The van der Waals surface area contributed by atoms with Crippen LogP contribution in [0.15, 0.2) is 42.5 Å². The highest BCUT2D eigenvalue weighted by molar-refractivity contribution is 5.90. The standard InChI is InChI=1S/C22H29N3O2/c1-25-20(26)22(24-21(25)23,14-16-8-3-2-4-9-16)15-27-19-13-7-11-17-10-5-6-12-18(17)19/h5-7,10-13,16,21,24H,2-4,8-9,14-15,23H2,1H3. The van der Waals surface area contributed by atoms with Crippen molar-refractivity contribution in [1.82, 2.24) is 10.2 Å². The van der Waals surface area contributed by atoms with Crippen LogP contribution in [-0.4, -0.2) is 36.3 Å². The maximum Gasteiger partial charge on any atom is 0.248 e. The van der Waals surface area contributed by atoms with E-state index >= 15 is 0 Å². The number of hydrogen-bond donors (Lipinski definition) is 2. The van der Waals surface area contributed by atoms with Crippen molar-refractivity contribution in [1.29, 1.82) is 0 Å². The van der Waals surface area contributed by atoms with Gasteiger partial charge in [0.15, 0.2) is 0 Å². The van der Waals surface area contributed by atoms with Crippen LogP contribution >= 0.6 is 0 Å². The first-order chi connectivity index (χ1) is 13.1. The minimum atomic E-state index is -0.743. The van der Waals surface area contributed by atoms with Gasteiger partial charge in [-0.05, 0) is 23.8 Å². The molecule has 3 N–H and O–H groups in total. The third-order valence-electron chi connectivity index (χ3n) is 6.16. The molecule has 0 radical (unpaired) electrons. The second kappa shape index (κ2) is 7.49. The predicted molar refractivity (Wildman–Crippen MR) is 107 cm³/mol. The number of nitrogens with one attached hydrogen (secondary N) is 1. The van der Waals surface area contributed by atoms with E-state index in [1.165, 1.54) is 32.1 Å². The second-order valence-corrected chi connectivity index (χ2v) is 8.06. The van der Waals surface area contributed by atoms with Crippen LogP contribution in [-0.2, 0) is 4.79 Å². The molecule has 1 aliphatic heterocycles. The summed E-state index contributed by atoms with van der Waals surface area (Å²) in [5, 5.41) is 5.56. The molecule has 2 aliphatic rings. The number of nitrogens with two attached hydrogens (primary N) is 1. The monoisotopic (exact) mass is 367 g/mol. The summed E-state index contributed by atoms with van der Waals surface area (Å²) in [5.41, 5.74) is 5.40. The van der Waals surface area contributed by atoms with Gasteiger partial charge in [-0.15, -0.1) is 0 Å². The summed E-state index contributed by atoms with van der Waals surface area (Å²) < 4.78 is 6.25. The Labute approximate surface area is 160 Å². The van der Waals surface area contributed by atoms with Crippen molar-refractivity contribution in [3.05, 3.63) is 42.5 Å². The van der Waals surface area contributed by atoms with Crippen molar-refractivity contribution >= 4 is 16.7 Å². The van der Waals surface area contributed by atoms with Crippen LogP contribution in [0.4, 0.5) is 0 Å². The number of benzene rings is 2. The van der Waals surface area contributed by atoms with E-state index in [2.05, 4.69) is 23.5 Å². The summed E-state index contributed by atoms with van der Waals surface area (Å²) in [6.45, 7) is 0.300. The molecule has 1 saturated heterocycles. The van der Waals surface area contributed by atoms with Gasteiger partial charge in [-0.2, -0.15) is 0 Å². The molecule has 27 heavy (non-hydrogen) atoms. The Morgan fingerprint density at radius 3 is 2.63 bits per heavy atom. The molecule has 2 aromatic carbocycles. The number of amides is 1. The lowest BCUT2D eigenvalue weighted by Crippen LogP contribution is -2.54. The summed E-state index contributed by atoms with van der Waals surface area (Å²) in [7, 11) is 1.76. The minimum Gasteiger partial charge on any atom is -0.490 e. The molecule has 1 saturated carbocycles. The maximum atomic E-state index is 13.1. The first-order valence-corrected chi connectivity index (χ1v) is 10.0. The number of rotatable bonds is 5. The first kappa shape index (κ1) is 18.3. The molecule has 2 atom stereocenters. The molecule has 5 heteroatoms. The Bertz CT molecular complexity index is 813. The zero-order chi connectivity index (χ0) is 18.9. The largest absolute Gasteiger partial charge is 0.490 e. The van der Waals surface area contributed by atoms with Crippen LogP contribution < -0.4 is 15.8 Å². The van der Waals surface area contributed by atoms with Crippen molar-refractivity contribution in [3.63, 3.8) is 0 Å². The number of nitrogens with zero attached hydrogens (tertiary/aromatic N) is 1. The lowest BCUT2D eigenvalue weighted by atomic mass is 9.79. The molecule has 1 heterocycles. The number of carbonyl (C=O) groups excluding carboxylic acids is 1. The highest BCUT2D eigenvalue weighted by Gasteiger charge is 2.50. The van der Waals surface area contributed by atoms with E-state index in [0.717, 1.165) is 22.9 Å². The zero-order valence-corrected chi connectivity index (χ0v) is 16.0. The fourth-order valence-electron chi connectivity index (χ4n) is 4.62. The van der Waals surface area contributed by atoms with E-state index in [1.54, 1.807) is 11.9 Å². The van der Waals surface area contributed by atoms with Crippen molar-refractivity contribution in [2.75, 3.05) is 13.7 Å². The normalized spacial score (nSPS) is 26.7. The molecule has 4 rings (SSSR count). The summed E-state index contributed by atoms with van der Waals surface area (Å²) in [6.07, 6.45) is 6.50. The van der Waals surface area contributed by atoms with E-state index in [-0.39, 0.29) is 5.91 Å². The van der Waals surface area contributed by atoms with E-state index in [1.807, 2.05) is 24.3 Å². The molecular formula is C22H29N3O2. The summed E-state index contributed by atoms with van der Waals surface area (Å²) >= 11 is 0. The third kappa shape index (κ3) is 3.54. The molecule has 2 unspecified atom stereocenters. The van der Waals surface area contributed by atoms with Gasteiger partial charge in [0.05, 0.1) is 0 Å². The molecule has 0 aromatic heterocycles. The second-order valence-electron chi connectivity index (χ2n) is 8.06. The molecule has 0 spiro atoms. The Kier molecular flexibility index (Phi) is 5.06. The summed E-state index contributed by atoms with van der Waals surface area (Å²) in [5.74, 6) is 1.40. The summed E-state index contributed by atoms with van der Waals surface area (Å²) in [4.78, 5) is 14.7. The van der Waals surface area contributed by atoms with Crippen molar-refractivity contribution in [3.8, 4) is 5.75 Å². The van der Waals surface area contributed by atoms with Crippen LogP contribution in [0.2, 0.25) is 0 Å². The Hall–Kier alpha value is -2.11. The van der Waals surface area contributed by atoms with Gasteiger partial charge < -0.3 is 9.64 Å². The van der Waals surface area contributed by atoms with Gasteiger partial charge in [-0.1, -0.05) is 68.5 Å². The zero-order valence-electron chi connectivity index (χ0n) is 16.0. The minimum absolute atomic E-state index is 0.0424. The molecule has 2 aromatic rings. The first-order valence-electron chi connectivity index (χ1n) is 10.0. The van der Waals surface area contributed by atoms with E-state index in [4.69, 9.17) is 10.5 Å². The van der Waals surface area contributed by atoms with Gasteiger partial charge in [0.2, 0.25) is 5.91 Å². The number of carbonyl (C=O) groups is 1. The lowest BCUT2D eigenvalue weighted by Gasteiger charge is -2.33. The molecular weight excluding hydrogens is 338 g/mol. The summed E-state index contributed by atoms with van der Waals surface area (Å²) in [6, 6.07) is 14.2. The Morgan fingerprint density at radius 2 is 1.89 bits per heavy atom. The van der Waals surface area contributed by atoms with Gasteiger partial charge >= 0.3 is 0 Å². The molecule has 144 valence electrons. The average molecular weight is 367 g/mol. The Balaban J connectivity index is 1.58. The van der Waals surface area contributed by atoms with Crippen LogP contribution in [0.3, 0.4) is 0 Å². The fourth-order valence-corrected chi connectivity index (χ4v) is 4.62. The van der Waals surface area contributed by atoms with E-state index < -0.39 is 11.8 Å². The van der Waals surface area contributed by atoms with Crippen LogP contribution in [0.25, 0.3) is 10.8 Å². The fraction of sp³-hybridized carbons (Fsp3) is 0.500. The van der Waals surface area contributed by atoms with Crippen molar-refractivity contribution in [2.45, 2.75) is 50.4 Å². The Morgan fingerprint density at radius 1 is 1.15 bits per heavy atom. The topological polar surface area (TPSA) is 67.6 Å². The van der Waals surface area contributed by atoms with Gasteiger partial charge in [0.25, 0.3) is 0 Å². The van der Waals surface area contributed by atoms with Crippen molar-refractivity contribution < 1.29 is 9.53 Å². The number of fused-ring (bicyclic) bond motifs is 1. The average Bonchev–Trinajstić information content (AvgIpc) is 2.91. The molecule has 0 bridgehead atoms. The van der Waals surface area contributed by atoms with Crippen LogP contribution in [0.5, 0.6) is 5.75 Å². The quantitative estimate of drug-likeness (QED) is 0.851. The van der Waals surface area contributed by atoms with E-state index in [0.29, 0.717) is 12.5 Å². The molecule has 2 fully saturated rings. The van der Waals surface area contributed by atoms with Gasteiger partial charge in [0.1, 0.15) is 24.2 Å². The SMILES string of the molecule is CN1C(=O)C(COc2cccc3ccccc23)(CC2CCCCC2)NC1N. The number of hydrogen-bond acceptors (Lipinski definition) is 4. The highest BCUT2D eigenvalue weighted by atomic mass is 16.5. The molecule has 1 aliphatic carbocycles. The lowest BCUT2D eigenvalue weighted by molar-refractivity contribution is -0.133. The van der Waals surface area contributed by atoms with Gasteiger partial charge in [-0.3, -0.25) is 15.8 Å². The third-order valence-corrected chi connectivity index (χ3v) is 6.16. The van der Waals surface area contributed by atoms with E-state index in [9.17, 15) is 4.79 Å². The predicted octanol–water partition coefficient (Wildman–Crippen LogP) is 3.23. The van der Waals surface area contributed by atoms with Crippen molar-refractivity contribution in [2.24, 2.45) is 11.7 Å². The maximum absolute atomic E-state index is 13.1. The van der Waals surface area contributed by atoms with Gasteiger partial charge in [-0.25, -0.2) is 0 Å². The number of likely N-dealkylation sites (N-methyl/N-ethyl adjacent to an activating group) is 1. The van der Waals surface area contributed by atoms with Crippen LogP contribution in [0.1, 0.15) is 38.5 Å². The van der Waals surface area contributed by atoms with Gasteiger partial charge in [0, 0.05) is 12.4 Å². The molecule has 5 nitrogen and oxygen atoms in total. The number of ether oxygens (including phenoxy) is 1. The highest BCUT2D eigenvalue weighted by Crippen LogP contribution is 2.35. The molecule has 1 amide bonds. The van der Waals surface area contributed by atoms with Crippen LogP contribution in [0, 0.1) is 5.92 Å².